The van der Waals surface area contributed by atoms with Crippen LogP contribution in [0.4, 0.5) is 0 Å². The third-order valence-corrected chi connectivity index (χ3v) is 5.19. The highest BCUT2D eigenvalue weighted by molar-refractivity contribution is 5.89. The Hall–Kier alpha value is -1.83. The first-order valence-electron chi connectivity index (χ1n) is 11.0. The van der Waals surface area contributed by atoms with Crippen LogP contribution in [0.1, 0.15) is 52.4 Å². The molecule has 9 N–H and O–H groups in total. The molecule has 1 heterocycles. The fraction of sp³-hybridized carbons (Fsp3) is 0.850. The Morgan fingerprint density at radius 3 is 2.31 bits per heavy atom. The highest BCUT2D eigenvalue weighted by Crippen LogP contribution is 2.22. The van der Waals surface area contributed by atoms with Gasteiger partial charge in [0, 0.05) is 19.6 Å². The number of amides is 3. The Balaban J connectivity index is 2.23. The summed E-state index contributed by atoms with van der Waals surface area (Å²) in [6.45, 7) is 3.79. The van der Waals surface area contributed by atoms with Gasteiger partial charge in [-0.15, -0.1) is 0 Å². The summed E-state index contributed by atoms with van der Waals surface area (Å²) in [4.78, 5) is 35.1. The molecule has 186 valence electrons. The number of unbranched alkanes of at least 4 members (excludes halogenated alkanes) is 3. The molecule has 12 heteroatoms. The maximum absolute atomic E-state index is 12.3. The maximum Gasteiger partial charge on any atom is 0.242 e. The van der Waals surface area contributed by atoms with Crippen molar-refractivity contribution in [2.75, 3.05) is 13.2 Å². The van der Waals surface area contributed by atoms with Gasteiger partial charge in [0.15, 0.2) is 6.29 Å². The van der Waals surface area contributed by atoms with Gasteiger partial charge in [0.1, 0.15) is 24.4 Å². The number of nitrogens with one attached hydrogen (secondary N) is 2. The van der Waals surface area contributed by atoms with Crippen molar-refractivity contribution in [2.24, 2.45) is 11.5 Å². The zero-order chi connectivity index (χ0) is 24.3. The summed E-state index contributed by atoms with van der Waals surface area (Å²) in [5, 5.41) is 34.6. The van der Waals surface area contributed by atoms with E-state index in [1.807, 2.05) is 0 Å². The molecule has 1 rings (SSSR count). The first-order valence-corrected chi connectivity index (χ1v) is 11.0. The molecule has 0 unspecified atom stereocenters. The Kier molecular flexibility index (Phi) is 12.6. The van der Waals surface area contributed by atoms with Gasteiger partial charge in [0.05, 0.1) is 12.1 Å². The quantitative estimate of drug-likeness (QED) is 0.137. The van der Waals surface area contributed by atoms with Crippen LogP contribution in [0.3, 0.4) is 0 Å². The van der Waals surface area contributed by atoms with Crippen LogP contribution in [-0.4, -0.2) is 89.0 Å². The van der Waals surface area contributed by atoms with E-state index in [-0.39, 0.29) is 12.8 Å². The van der Waals surface area contributed by atoms with Gasteiger partial charge in [-0.3, -0.25) is 14.4 Å². The number of carbonyl (C=O) groups excluding carboxylic acids is 3. The highest BCUT2D eigenvalue weighted by atomic mass is 16.7. The number of rotatable bonds is 14. The van der Waals surface area contributed by atoms with Crippen LogP contribution in [0.25, 0.3) is 0 Å². The summed E-state index contributed by atoms with van der Waals surface area (Å²) in [5.41, 5.74) is 10.6. The minimum Gasteiger partial charge on any atom is -0.388 e. The number of nitrogens with two attached hydrogens (primary N) is 2. The minimum atomic E-state index is -1.32. The number of carbonyl (C=O) groups is 3. The van der Waals surface area contributed by atoms with Crippen molar-refractivity contribution < 1.29 is 39.2 Å². The summed E-state index contributed by atoms with van der Waals surface area (Å²) in [6, 6.07) is -1.66. The molecule has 12 nitrogen and oxygen atoms in total. The summed E-state index contributed by atoms with van der Waals surface area (Å²) in [5.74, 6) is -1.45. The molecule has 0 bridgehead atoms. The highest BCUT2D eigenvalue weighted by Gasteiger charge is 2.42. The molecule has 32 heavy (non-hydrogen) atoms. The predicted octanol–water partition coefficient (Wildman–Crippen LogP) is -2.40. The van der Waals surface area contributed by atoms with Crippen molar-refractivity contribution >= 4 is 17.7 Å². The molecule has 1 aliphatic heterocycles. The number of aliphatic hydroxyl groups is 3. The molecule has 0 aliphatic carbocycles. The Labute approximate surface area is 188 Å². The number of primary amides is 1. The standard InChI is InChI=1S/C20H38N4O8/c1-11(21)18(29)24-13(7-8-14(22)25)19(30)23-9-5-3-4-6-10-31-20-17(28)16(27)15(26)12(2)32-20/h11-13,15-17,20,26-28H,3-10,21H2,1-2H3,(H2,22,25)(H,23,30)(H,24,29)/t11-,12+,13+,15-,16-,17+,20+/m1/s1. The van der Waals surface area contributed by atoms with E-state index < -0.39 is 60.5 Å². The molecule has 0 radical (unpaired) electrons. The molecule has 7 atom stereocenters. The Morgan fingerprint density at radius 1 is 1.03 bits per heavy atom. The summed E-state index contributed by atoms with van der Waals surface area (Å²) in [7, 11) is 0. The summed E-state index contributed by atoms with van der Waals surface area (Å²) in [6.07, 6.45) is -2.42. The Morgan fingerprint density at radius 2 is 1.69 bits per heavy atom. The first kappa shape index (κ1) is 28.2. The lowest BCUT2D eigenvalue weighted by Crippen LogP contribution is -2.57. The van der Waals surface area contributed by atoms with E-state index in [0.29, 0.717) is 26.0 Å². The predicted molar refractivity (Wildman–Crippen MR) is 114 cm³/mol. The largest absolute Gasteiger partial charge is 0.388 e. The molecular formula is C20H38N4O8. The van der Waals surface area contributed by atoms with Crippen molar-refractivity contribution in [1.29, 1.82) is 0 Å². The van der Waals surface area contributed by atoms with E-state index in [2.05, 4.69) is 10.6 Å². The third-order valence-electron chi connectivity index (χ3n) is 5.19. The van der Waals surface area contributed by atoms with Gasteiger partial charge in [-0.25, -0.2) is 0 Å². The molecule has 0 spiro atoms. The molecule has 1 saturated heterocycles. The fourth-order valence-corrected chi connectivity index (χ4v) is 3.12. The zero-order valence-electron chi connectivity index (χ0n) is 18.7. The van der Waals surface area contributed by atoms with Crippen molar-refractivity contribution in [3.63, 3.8) is 0 Å². The van der Waals surface area contributed by atoms with Crippen LogP contribution in [-0.2, 0) is 23.9 Å². The lowest BCUT2D eigenvalue weighted by Gasteiger charge is -2.38. The first-order chi connectivity index (χ1) is 15.0. The maximum atomic E-state index is 12.3. The zero-order valence-corrected chi connectivity index (χ0v) is 18.7. The average molecular weight is 463 g/mol. The Bertz CT molecular complexity index is 606. The number of hydrogen-bond acceptors (Lipinski definition) is 9. The van der Waals surface area contributed by atoms with Gasteiger partial charge in [-0.2, -0.15) is 0 Å². The van der Waals surface area contributed by atoms with Crippen molar-refractivity contribution in [1.82, 2.24) is 10.6 Å². The van der Waals surface area contributed by atoms with E-state index >= 15 is 0 Å². The van der Waals surface area contributed by atoms with Gasteiger partial charge < -0.3 is 46.9 Å². The van der Waals surface area contributed by atoms with Gasteiger partial charge in [0.2, 0.25) is 17.7 Å². The van der Waals surface area contributed by atoms with Crippen LogP contribution < -0.4 is 22.1 Å². The lowest BCUT2D eigenvalue weighted by molar-refractivity contribution is -0.293. The molecule has 0 aromatic heterocycles. The van der Waals surface area contributed by atoms with E-state index in [9.17, 15) is 29.7 Å². The topological polar surface area (TPSA) is 206 Å². The van der Waals surface area contributed by atoms with Gasteiger partial charge >= 0.3 is 0 Å². The van der Waals surface area contributed by atoms with Gasteiger partial charge in [-0.1, -0.05) is 12.8 Å². The van der Waals surface area contributed by atoms with Crippen molar-refractivity contribution in [2.45, 2.75) is 95.2 Å². The lowest BCUT2D eigenvalue weighted by atomic mass is 10.0. The molecule has 1 fully saturated rings. The van der Waals surface area contributed by atoms with Crippen molar-refractivity contribution in [3.8, 4) is 0 Å². The monoisotopic (exact) mass is 462 g/mol. The average Bonchev–Trinajstić information content (AvgIpc) is 2.74. The van der Waals surface area contributed by atoms with E-state index in [0.717, 1.165) is 12.8 Å². The molecule has 3 amide bonds. The fourth-order valence-electron chi connectivity index (χ4n) is 3.12. The third kappa shape index (κ3) is 9.76. The summed E-state index contributed by atoms with van der Waals surface area (Å²) >= 11 is 0. The minimum absolute atomic E-state index is 0.0362. The van der Waals surface area contributed by atoms with Crippen LogP contribution >= 0.6 is 0 Å². The summed E-state index contributed by atoms with van der Waals surface area (Å²) < 4.78 is 10.8. The van der Waals surface area contributed by atoms with Gasteiger partial charge in [-0.05, 0) is 33.1 Å². The van der Waals surface area contributed by atoms with Crippen LogP contribution in [0, 0.1) is 0 Å². The van der Waals surface area contributed by atoms with Crippen LogP contribution in [0.15, 0.2) is 0 Å². The van der Waals surface area contributed by atoms with Crippen LogP contribution in [0.5, 0.6) is 0 Å². The second kappa shape index (κ2) is 14.3. The van der Waals surface area contributed by atoms with Crippen molar-refractivity contribution in [3.05, 3.63) is 0 Å². The SMILES string of the molecule is C[C@@H]1O[C@H](OCCCCCCNC(=O)[C@H](CCC(N)=O)NC(=O)[C@@H](C)N)[C@@H](O)[C@H](O)[C@@H]1O. The van der Waals surface area contributed by atoms with Gasteiger partial charge in [0.25, 0.3) is 0 Å². The molecule has 0 aromatic rings. The van der Waals surface area contributed by atoms with E-state index in [1.165, 1.54) is 6.92 Å². The number of hydrogen-bond donors (Lipinski definition) is 7. The second-order valence-corrected chi connectivity index (χ2v) is 8.11. The number of ether oxygens (including phenoxy) is 2. The number of aliphatic hydroxyl groups excluding tert-OH is 3. The molecule has 1 aliphatic rings. The second-order valence-electron chi connectivity index (χ2n) is 8.11. The molecule has 0 saturated carbocycles. The van der Waals surface area contributed by atoms with Crippen LogP contribution in [0.2, 0.25) is 0 Å². The normalized spacial score (nSPS) is 27.4. The van der Waals surface area contributed by atoms with E-state index in [4.69, 9.17) is 20.9 Å². The van der Waals surface area contributed by atoms with E-state index in [1.54, 1.807) is 6.92 Å². The molecule has 0 aromatic carbocycles. The molecular weight excluding hydrogens is 424 g/mol. The smallest absolute Gasteiger partial charge is 0.242 e.